The second kappa shape index (κ2) is 18.3. The highest BCUT2D eigenvalue weighted by Gasteiger charge is 2.47. The fraction of sp³-hybridized carbons (Fsp3) is 0.347. The number of aliphatic carboxylic acids is 1. The zero-order valence-electron chi connectivity index (χ0n) is 34.3. The van der Waals surface area contributed by atoms with Crippen LogP contribution in [0.1, 0.15) is 66.0 Å². The van der Waals surface area contributed by atoms with E-state index in [0.29, 0.717) is 45.6 Å². The van der Waals surface area contributed by atoms with E-state index in [0.717, 1.165) is 83.6 Å². The Morgan fingerprint density at radius 2 is 1.63 bits per heavy atom. The number of aromatic nitrogens is 1. The first kappa shape index (κ1) is 42.4. The molecule has 5 aromatic rings. The summed E-state index contributed by atoms with van der Waals surface area (Å²) in [5.41, 5.74) is 8.28. The summed E-state index contributed by atoms with van der Waals surface area (Å²) in [6, 6.07) is 28.0. The summed E-state index contributed by atoms with van der Waals surface area (Å²) >= 11 is 6.80. The number of carbonyl (C=O) groups excluding carboxylic acids is 1. The predicted molar refractivity (Wildman–Crippen MR) is 230 cm³/mol. The number of aliphatic hydroxyl groups is 1. The second-order valence-electron chi connectivity index (χ2n) is 16.6. The maximum atomic E-state index is 11.9. The molecule has 0 unspecified atom stereocenters. The number of halogens is 1. The van der Waals surface area contributed by atoms with E-state index in [2.05, 4.69) is 66.2 Å². The molecule has 1 saturated carbocycles. The summed E-state index contributed by atoms with van der Waals surface area (Å²) in [6.07, 6.45) is 6.02. The van der Waals surface area contributed by atoms with Crippen LogP contribution in [0.25, 0.3) is 22.3 Å². The van der Waals surface area contributed by atoms with Crippen molar-refractivity contribution in [3.63, 3.8) is 0 Å². The van der Waals surface area contributed by atoms with Crippen molar-refractivity contribution < 1.29 is 34.0 Å². The van der Waals surface area contributed by atoms with Gasteiger partial charge in [-0.15, -0.1) is 0 Å². The number of nitrogens with zero attached hydrogens (tertiary/aromatic N) is 3. The second-order valence-corrected chi connectivity index (χ2v) is 17.0. The van der Waals surface area contributed by atoms with Gasteiger partial charge in [0.2, 0.25) is 0 Å². The fourth-order valence-electron chi connectivity index (χ4n) is 8.35. The highest BCUT2D eigenvalue weighted by Crippen LogP contribution is 2.44. The molecule has 1 saturated heterocycles. The van der Waals surface area contributed by atoms with E-state index in [-0.39, 0.29) is 31.5 Å². The van der Waals surface area contributed by atoms with Crippen LogP contribution in [0.4, 0.5) is 0 Å². The molecule has 2 aliphatic rings. The standard InChI is InChI=1S/C49H50ClN3O7/c1-32-38(28-60-46-22-45(59-27-35-20-34(24-51)25-52-26-35)37(21-44(46)50)14-16-48(3,31-54)47(56)57)6-4-8-42(32)43-9-5-7-41(33(43)2)36-10-12-40(13-11-36)58-19-18-53-29-49(30-53)17-15-39(55)23-49/h4-13,20-22,25-26,54H,14-19,23,27-31H2,1-3H3,(H,56,57)/t48-/m0/s1. The zero-order valence-corrected chi connectivity index (χ0v) is 35.1. The summed E-state index contributed by atoms with van der Waals surface area (Å²) < 4.78 is 18.7. The van der Waals surface area contributed by atoms with Crippen LogP contribution in [0.15, 0.2) is 91.3 Å². The van der Waals surface area contributed by atoms with Crippen molar-refractivity contribution >= 4 is 23.4 Å². The zero-order chi connectivity index (χ0) is 42.4. The SMILES string of the molecule is Cc1c(COc2cc(OCc3cncc(C#N)c3)c(CC[C@@](C)(CO)C(=O)O)cc2Cl)cccc1-c1cccc(-c2ccc(OCCN3CC4(CCC(=O)C4)C3)cc2)c1C. The summed E-state index contributed by atoms with van der Waals surface area (Å²) in [7, 11) is 0. The Kier molecular flexibility index (Phi) is 12.9. The molecule has 1 spiro atoms. The van der Waals surface area contributed by atoms with Gasteiger partial charge in [0.15, 0.2) is 0 Å². The van der Waals surface area contributed by atoms with Gasteiger partial charge in [0.25, 0.3) is 0 Å². The van der Waals surface area contributed by atoms with E-state index < -0.39 is 18.0 Å². The average Bonchev–Trinajstić information content (AvgIpc) is 3.64. The molecule has 0 bridgehead atoms. The molecule has 4 aromatic carbocycles. The molecule has 7 rings (SSSR count). The highest BCUT2D eigenvalue weighted by atomic mass is 35.5. The number of carboxylic acid groups (broad SMARTS) is 1. The molecule has 0 amide bonds. The Morgan fingerprint density at radius 1 is 0.917 bits per heavy atom. The van der Waals surface area contributed by atoms with Crippen LogP contribution in [0.5, 0.6) is 17.2 Å². The minimum absolute atomic E-state index is 0.106. The van der Waals surface area contributed by atoms with Crippen LogP contribution in [0, 0.1) is 36.0 Å². The van der Waals surface area contributed by atoms with Crippen molar-refractivity contribution in [1.82, 2.24) is 9.88 Å². The third-order valence-corrected chi connectivity index (χ3v) is 12.5. The van der Waals surface area contributed by atoms with E-state index in [1.54, 1.807) is 24.4 Å². The Hall–Kier alpha value is -5.73. The van der Waals surface area contributed by atoms with E-state index in [1.165, 1.54) is 13.1 Å². The lowest BCUT2D eigenvalue weighted by Crippen LogP contribution is -2.55. The number of carbonyl (C=O) groups is 2. The number of aliphatic hydroxyl groups excluding tert-OH is 1. The van der Waals surface area contributed by atoms with Gasteiger partial charge in [-0.2, -0.15) is 5.26 Å². The number of likely N-dealkylation sites (tertiary alicyclic amines) is 1. The highest BCUT2D eigenvalue weighted by molar-refractivity contribution is 6.32. The first-order valence-corrected chi connectivity index (χ1v) is 20.7. The van der Waals surface area contributed by atoms with E-state index in [1.807, 2.05) is 24.3 Å². The fourth-order valence-corrected chi connectivity index (χ4v) is 8.59. The minimum Gasteiger partial charge on any atom is -0.492 e. The third-order valence-electron chi connectivity index (χ3n) is 12.2. The van der Waals surface area contributed by atoms with Gasteiger partial charge in [-0.05, 0) is 109 Å². The van der Waals surface area contributed by atoms with Gasteiger partial charge >= 0.3 is 5.97 Å². The summed E-state index contributed by atoms with van der Waals surface area (Å²) in [4.78, 5) is 30.2. The number of hydrogen-bond donors (Lipinski definition) is 2. The van der Waals surface area contributed by atoms with Crippen LogP contribution in [0.3, 0.4) is 0 Å². The lowest BCUT2D eigenvalue weighted by Gasteiger charge is -2.47. The molecule has 2 fully saturated rings. The van der Waals surface area contributed by atoms with Crippen LogP contribution in [0.2, 0.25) is 5.02 Å². The molecule has 310 valence electrons. The monoisotopic (exact) mass is 827 g/mol. The first-order valence-electron chi connectivity index (χ1n) is 20.3. The maximum Gasteiger partial charge on any atom is 0.311 e. The van der Waals surface area contributed by atoms with Gasteiger partial charge in [-0.1, -0.05) is 60.1 Å². The Labute approximate surface area is 356 Å². The average molecular weight is 828 g/mol. The number of ketones is 1. The molecule has 2 N–H and O–H groups in total. The summed E-state index contributed by atoms with van der Waals surface area (Å²) in [5.74, 6) is 0.994. The molecule has 11 heteroatoms. The molecule has 2 heterocycles. The van der Waals surface area contributed by atoms with Crippen LogP contribution >= 0.6 is 11.6 Å². The van der Waals surface area contributed by atoms with Gasteiger partial charge < -0.3 is 24.4 Å². The van der Waals surface area contributed by atoms with Gasteiger partial charge in [0, 0.05) is 61.9 Å². The number of pyridine rings is 1. The van der Waals surface area contributed by atoms with Gasteiger partial charge in [0.1, 0.15) is 48.9 Å². The third kappa shape index (κ3) is 9.50. The summed E-state index contributed by atoms with van der Waals surface area (Å²) in [5, 5.41) is 29.3. The quantitative estimate of drug-likeness (QED) is 0.0932. The number of hydrogen-bond acceptors (Lipinski definition) is 9. The number of nitriles is 1. The lowest BCUT2D eigenvalue weighted by atomic mass is 9.78. The molecular formula is C49H50ClN3O7. The molecular weight excluding hydrogens is 778 g/mol. The Balaban J connectivity index is 1.04. The topological polar surface area (TPSA) is 142 Å². The van der Waals surface area contributed by atoms with Gasteiger partial charge in [0.05, 0.1) is 22.6 Å². The van der Waals surface area contributed by atoms with Crippen LogP contribution in [-0.4, -0.2) is 64.7 Å². The van der Waals surface area contributed by atoms with E-state index in [4.69, 9.17) is 25.8 Å². The van der Waals surface area contributed by atoms with Crippen molar-refractivity contribution in [2.75, 3.05) is 32.8 Å². The number of rotatable bonds is 17. The molecule has 1 aliphatic heterocycles. The maximum absolute atomic E-state index is 11.9. The number of Topliss-reactive ketones (excluding diaryl/α,β-unsaturated/α-hetero) is 1. The number of aryl methyl sites for hydroxylation is 1. The molecule has 10 nitrogen and oxygen atoms in total. The predicted octanol–water partition coefficient (Wildman–Crippen LogP) is 9.17. The summed E-state index contributed by atoms with van der Waals surface area (Å²) in [6.45, 7) is 9.01. The number of carboxylic acids is 1. The minimum atomic E-state index is -1.34. The number of ether oxygens (including phenoxy) is 3. The smallest absolute Gasteiger partial charge is 0.311 e. The van der Waals surface area contributed by atoms with Gasteiger partial charge in [-0.25, -0.2) is 0 Å². The first-order chi connectivity index (χ1) is 28.9. The largest absolute Gasteiger partial charge is 0.492 e. The van der Waals surface area contributed by atoms with E-state index >= 15 is 0 Å². The van der Waals surface area contributed by atoms with Crippen molar-refractivity contribution in [2.45, 2.75) is 66.1 Å². The molecule has 60 heavy (non-hydrogen) atoms. The molecule has 0 radical (unpaired) electrons. The van der Waals surface area contributed by atoms with Gasteiger partial charge in [-0.3, -0.25) is 19.5 Å². The van der Waals surface area contributed by atoms with Crippen LogP contribution < -0.4 is 14.2 Å². The molecule has 1 aliphatic carbocycles. The van der Waals surface area contributed by atoms with Crippen LogP contribution in [-0.2, 0) is 29.2 Å². The van der Waals surface area contributed by atoms with Crippen molar-refractivity contribution in [3.05, 3.63) is 130 Å². The van der Waals surface area contributed by atoms with Crippen molar-refractivity contribution in [1.29, 1.82) is 5.26 Å². The molecule has 1 aromatic heterocycles. The number of benzene rings is 4. The van der Waals surface area contributed by atoms with E-state index in [9.17, 15) is 25.1 Å². The normalized spacial score (nSPS) is 15.6. The lowest BCUT2D eigenvalue weighted by molar-refractivity contribution is -0.150. The molecule has 1 atom stereocenters. The Bertz CT molecular complexity index is 2420. The Morgan fingerprint density at radius 3 is 2.33 bits per heavy atom. The van der Waals surface area contributed by atoms with Crippen molar-refractivity contribution in [2.24, 2.45) is 10.8 Å². The van der Waals surface area contributed by atoms with Crippen molar-refractivity contribution in [3.8, 4) is 45.6 Å².